The van der Waals surface area contributed by atoms with Crippen LogP contribution in [0.5, 0.6) is 0 Å². The standard InChI is InChI=1S/C30H39N7O2/c31-23-11-15-36(26(16-23)21-6-2-1-3-7-21)29(39)34-14-10-22(30(19-34)12-4-5-13-30)18-35-20-32-27-25(28(35)38)17-33-37(27)24-8-9-24/h1-3,6-7,17,20,22-24,26H,4-5,8-16,18-19,31H2/t22?,23-,26+/m1/s1. The zero-order chi connectivity index (χ0) is 26.6. The van der Waals surface area contributed by atoms with Crippen LogP contribution in [0.2, 0.25) is 0 Å². The topological polar surface area (TPSA) is 102 Å². The van der Waals surface area contributed by atoms with E-state index in [2.05, 4.69) is 32.0 Å². The zero-order valence-corrected chi connectivity index (χ0v) is 22.6. The molecular formula is C30H39N7O2. The smallest absolute Gasteiger partial charge is 0.320 e. The summed E-state index contributed by atoms with van der Waals surface area (Å²) in [6, 6.07) is 11.0. The molecule has 2 saturated heterocycles. The van der Waals surface area contributed by atoms with E-state index < -0.39 is 0 Å². The summed E-state index contributed by atoms with van der Waals surface area (Å²) in [5, 5.41) is 5.09. The molecule has 7 rings (SSSR count). The Labute approximate surface area is 229 Å². The quantitative estimate of drug-likeness (QED) is 0.548. The van der Waals surface area contributed by atoms with Crippen molar-refractivity contribution in [3.05, 3.63) is 58.8 Å². The summed E-state index contributed by atoms with van der Waals surface area (Å²) in [6.45, 7) is 2.84. The number of nitrogens with two attached hydrogens (primary N) is 1. The van der Waals surface area contributed by atoms with Crippen LogP contribution in [0.1, 0.15) is 75.4 Å². The van der Waals surface area contributed by atoms with Gasteiger partial charge in [0, 0.05) is 32.2 Å². The van der Waals surface area contributed by atoms with E-state index in [1.54, 1.807) is 17.1 Å². The number of hydrogen-bond donors (Lipinski definition) is 1. The number of hydrogen-bond acceptors (Lipinski definition) is 5. The lowest BCUT2D eigenvalue weighted by Gasteiger charge is -2.49. The van der Waals surface area contributed by atoms with Crippen LogP contribution >= 0.6 is 0 Å². The molecule has 2 aliphatic heterocycles. The Morgan fingerprint density at radius 3 is 2.62 bits per heavy atom. The van der Waals surface area contributed by atoms with Crippen LogP contribution in [-0.4, -0.2) is 60.8 Å². The number of rotatable bonds is 4. The molecule has 4 fully saturated rings. The molecule has 2 N–H and O–H groups in total. The van der Waals surface area contributed by atoms with Gasteiger partial charge in [-0.25, -0.2) is 14.5 Å². The molecule has 1 unspecified atom stereocenters. The number of benzene rings is 1. The molecule has 3 aromatic rings. The molecule has 4 aliphatic rings. The van der Waals surface area contributed by atoms with Gasteiger partial charge in [-0.05, 0) is 61.8 Å². The van der Waals surface area contributed by atoms with Crippen LogP contribution in [-0.2, 0) is 6.54 Å². The summed E-state index contributed by atoms with van der Waals surface area (Å²) in [5.41, 5.74) is 8.30. The molecule has 2 saturated carbocycles. The molecule has 4 heterocycles. The molecule has 39 heavy (non-hydrogen) atoms. The van der Waals surface area contributed by atoms with Crippen molar-refractivity contribution in [2.75, 3.05) is 19.6 Å². The van der Waals surface area contributed by atoms with E-state index in [1.807, 2.05) is 22.9 Å². The van der Waals surface area contributed by atoms with E-state index >= 15 is 0 Å². The van der Waals surface area contributed by atoms with Gasteiger partial charge in [-0.15, -0.1) is 0 Å². The van der Waals surface area contributed by atoms with E-state index in [1.165, 1.54) is 18.4 Å². The maximum absolute atomic E-state index is 14.0. The van der Waals surface area contributed by atoms with Gasteiger partial charge in [-0.3, -0.25) is 9.36 Å². The molecule has 3 atom stereocenters. The molecule has 0 bridgehead atoms. The van der Waals surface area contributed by atoms with Gasteiger partial charge in [0.2, 0.25) is 0 Å². The first-order chi connectivity index (χ1) is 19.0. The minimum absolute atomic E-state index is 0.00825. The Morgan fingerprint density at radius 2 is 1.85 bits per heavy atom. The van der Waals surface area contributed by atoms with Crippen LogP contribution in [0.3, 0.4) is 0 Å². The molecule has 9 heteroatoms. The van der Waals surface area contributed by atoms with Crippen molar-refractivity contribution in [1.82, 2.24) is 29.1 Å². The summed E-state index contributed by atoms with van der Waals surface area (Å²) >= 11 is 0. The summed E-state index contributed by atoms with van der Waals surface area (Å²) < 4.78 is 3.72. The molecule has 1 aromatic carbocycles. The van der Waals surface area contributed by atoms with Gasteiger partial charge < -0.3 is 15.5 Å². The molecule has 0 radical (unpaired) electrons. The van der Waals surface area contributed by atoms with E-state index in [9.17, 15) is 9.59 Å². The third-order valence-corrected chi connectivity index (χ3v) is 9.95. The SMILES string of the molecule is N[C@@H]1CCN(C(=O)N2CCC(Cn3cnc4c(cnn4C4CC4)c3=O)C3(CCCC3)C2)[C@H](c2ccccc2)C1. The second kappa shape index (κ2) is 9.77. The highest BCUT2D eigenvalue weighted by Gasteiger charge is 2.47. The van der Waals surface area contributed by atoms with Gasteiger partial charge >= 0.3 is 6.03 Å². The van der Waals surface area contributed by atoms with E-state index in [-0.39, 0.29) is 29.1 Å². The minimum atomic E-state index is 0.00825. The van der Waals surface area contributed by atoms with E-state index in [4.69, 9.17) is 5.73 Å². The summed E-state index contributed by atoms with van der Waals surface area (Å²) in [5.74, 6) is 0.346. The van der Waals surface area contributed by atoms with Crippen LogP contribution in [0.15, 0.2) is 47.7 Å². The van der Waals surface area contributed by atoms with Crippen molar-refractivity contribution >= 4 is 17.1 Å². The monoisotopic (exact) mass is 529 g/mol. The fraction of sp³-hybridized carbons (Fsp3) is 0.600. The van der Waals surface area contributed by atoms with Gasteiger partial charge in [0.25, 0.3) is 5.56 Å². The first-order valence-corrected chi connectivity index (χ1v) is 14.8. The summed E-state index contributed by atoms with van der Waals surface area (Å²) in [7, 11) is 0. The normalized spacial score (nSPS) is 26.9. The van der Waals surface area contributed by atoms with E-state index in [0.717, 1.165) is 58.0 Å². The molecule has 2 aromatic heterocycles. The lowest BCUT2D eigenvalue weighted by molar-refractivity contribution is 0.0215. The number of carbonyl (C=O) groups is 1. The molecule has 206 valence electrons. The molecule has 9 nitrogen and oxygen atoms in total. The Kier molecular flexibility index (Phi) is 6.21. The number of amides is 2. The number of fused-ring (bicyclic) bond motifs is 1. The first kappa shape index (κ1) is 24.8. The second-order valence-electron chi connectivity index (χ2n) is 12.4. The maximum atomic E-state index is 14.0. The van der Waals surface area contributed by atoms with Crippen LogP contribution < -0.4 is 11.3 Å². The van der Waals surface area contributed by atoms with Crippen molar-refractivity contribution in [2.45, 2.75) is 82.5 Å². The Hall–Kier alpha value is -3.20. The minimum Gasteiger partial charge on any atom is -0.328 e. The number of nitrogens with zero attached hydrogens (tertiary/aromatic N) is 6. The lowest BCUT2D eigenvalue weighted by atomic mass is 9.69. The molecule has 2 aliphatic carbocycles. The van der Waals surface area contributed by atoms with Crippen LogP contribution in [0.25, 0.3) is 11.0 Å². The van der Waals surface area contributed by atoms with Crippen molar-refractivity contribution in [1.29, 1.82) is 0 Å². The summed E-state index contributed by atoms with van der Waals surface area (Å²) in [6.07, 6.45) is 12.8. The van der Waals surface area contributed by atoms with Crippen molar-refractivity contribution in [2.24, 2.45) is 17.1 Å². The second-order valence-corrected chi connectivity index (χ2v) is 12.4. The predicted molar refractivity (Wildman–Crippen MR) is 149 cm³/mol. The third kappa shape index (κ3) is 4.44. The highest BCUT2D eigenvalue weighted by Crippen LogP contribution is 2.49. The predicted octanol–water partition coefficient (Wildman–Crippen LogP) is 4.09. The van der Waals surface area contributed by atoms with Crippen molar-refractivity contribution < 1.29 is 4.79 Å². The molecule has 2 amide bonds. The lowest BCUT2D eigenvalue weighted by Crippen LogP contribution is -2.56. The number of aromatic nitrogens is 4. The van der Waals surface area contributed by atoms with Crippen LogP contribution in [0, 0.1) is 11.3 Å². The van der Waals surface area contributed by atoms with Gasteiger partial charge in [-0.2, -0.15) is 5.10 Å². The highest BCUT2D eigenvalue weighted by atomic mass is 16.2. The zero-order valence-electron chi connectivity index (χ0n) is 22.6. The third-order valence-electron chi connectivity index (χ3n) is 9.95. The average Bonchev–Trinajstić information content (AvgIpc) is 3.54. The maximum Gasteiger partial charge on any atom is 0.320 e. The number of urea groups is 1. The number of likely N-dealkylation sites (tertiary alicyclic amines) is 2. The van der Waals surface area contributed by atoms with Crippen molar-refractivity contribution in [3.63, 3.8) is 0 Å². The Morgan fingerprint density at radius 1 is 1.05 bits per heavy atom. The highest BCUT2D eigenvalue weighted by molar-refractivity contribution is 5.75. The fourth-order valence-electron chi connectivity index (χ4n) is 7.61. The van der Waals surface area contributed by atoms with Crippen LogP contribution in [0.4, 0.5) is 4.79 Å². The van der Waals surface area contributed by atoms with Crippen molar-refractivity contribution in [3.8, 4) is 0 Å². The molecule has 1 spiro atoms. The first-order valence-electron chi connectivity index (χ1n) is 14.8. The fourth-order valence-corrected chi connectivity index (χ4v) is 7.61. The number of piperidine rings is 2. The Balaban J connectivity index is 1.11. The summed E-state index contributed by atoms with van der Waals surface area (Å²) in [4.78, 5) is 36.3. The van der Waals surface area contributed by atoms with Gasteiger partial charge in [0.15, 0.2) is 5.65 Å². The largest absolute Gasteiger partial charge is 0.328 e. The van der Waals surface area contributed by atoms with E-state index in [0.29, 0.717) is 36.1 Å². The average molecular weight is 530 g/mol. The molecular weight excluding hydrogens is 490 g/mol. The van der Waals surface area contributed by atoms with Gasteiger partial charge in [0.05, 0.1) is 24.6 Å². The Bertz CT molecular complexity index is 1410. The van der Waals surface area contributed by atoms with Gasteiger partial charge in [0.1, 0.15) is 5.39 Å². The number of carbonyl (C=O) groups excluding carboxylic acids is 1. The van der Waals surface area contributed by atoms with Gasteiger partial charge in [-0.1, -0.05) is 43.2 Å².